The van der Waals surface area contributed by atoms with Crippen LogP contribution < -0.4 is 26.4 Å². The van der Waals surface area contributed by atoms with E-state index in [1.54, 1.807) is 18.5 Å². The van der Waals surface area contributed by atoms with Crippen LogP contribution in [0.25, 0.3) is 0 Å². The molecule has 0 saturated heterocycles. The highest BCUT2D eigenvalue weighted by atomic mass is 19.4. The van der Waals surface area contributed by atoms with Crippen molar-refractivity contribution in [1.82, 2.24) is 4.98 Å². The lowest BCUT2D eigenvalue weighted by Gasteiger charge is -2.46. The number of para-hydroxylation sites is 1. The number of benzene rings is 5. The minimum absolute atomic E-state index is 0.330. The highest BCUT2D eigenvalue weighted by Crippen LogP contribution is 2.41. The Balaban J connectivity index is 0.000000569. The first kappa shape index (κ1) is 55.3. The monoisotopic (exact) mass is 1050 g/mol. The number of hydrogen-bond donors (Lipinski definition) is 1. The average molecular weight is 1050 g/mol. The van der Waals surface area contributed by atoms with Gasteiger partial charge in [-0.3, -0.25) is 4.98 Å². The highest BCUT2D eigenvalue weighted by molar-refractivity contribution is 7.20. The van der Waals surface area contributed by atoms with E-state index in [1.807, 2.05) is 35.2 Å². The summed E-state index contributed by atoms with van der Waals surface area (Å²) in [6, 6.07) is -1.48. The van der Waals surface area contributed by atoms with Crippen molar-refractivity contribution >= 4 is 28.0 Å². The number of aromatic hydroxyl groups is 1. The Morgan fingerprint density at radius 3 is 0.789 bits per heavy atom. The van der Waals surface area contributed by atoms with Gasteiger partial charge in [0.2, 0.25) is 0 Å². The van der Waals surface area contributed by atoms with Crippen molar-refractivity contribution in [2.45, 2.75) is 56.0 Å². The van der Waals surface area contributed by atoms with Gasteiger partial charge < -0.3 is 5.11 Å². The summed E-state index contributed by atoms with van der Waals surface area (Å²) in [4.78, 5) is 3.93. The number of phenols is 1. The van der Waals surface area contributed by atoms with Gasteiger partial charge in [0.05, 0.1) is 62.5 Å². The molecule has 0 unspecified atom stereocenters. The Bertz CT molecular complexity index is 2420. The fourth-order valence-electron chi connectivity index (χ4n) is 7.36. The molecule has 0 fully saturated rings. The van der Waals surface area contributed by atoms with Crippen LogP contribution in [0, 0.1) is 0 Å². The summed E-state index contributed by atoms with van der Waals surface area (Å²) >= 11 is 0. The first-order valence-electron chi connectivity index (χ1n) is 19.0. The molecular weight excluding hydrogens is 1030 g/mol. The molecule has 0 radical (unpaired) electrons. The number of rotatable bonds is 6. The molecule has 382 valence electrons. The lowest BCUT2D eigenvalue weighted by molar-refractivity contribution is -0.688. The van der Waals surface area contributed by atoms with Gasteiger partial charge in [0.1, 0.15) is 11.9 Å². The maximum atomic E-state index is 14.2. The van der Waals surface area contributed by atoms with E-state index < -0.39 is 195 Å². The molecule has 1 aromatic heterocycles. The molecule has 6 aromatic rings. The van der Waals surface area contributed by atoms with Gasteiger partial charge in [0.15, 0.2) is 18.9 Å². The lowest BCUT2D eigenvalue weighted by Crippen LogP contribution is -2.75. The zero-order chi connectivity index (χ0) is 53.7. The Morgan fingerprint density at radius 1 is 0.352 bits per heavy atom. The predicted molar refractivity (Wildman–Crippen MR) is 202 cm³/mol. The molecule has 5 aromatic carbocycles. The fraction of sp³-hybridized carbons (Fsp3) is 0.209. The number of hydrogen-bond acceptors (Lipinski definition) is 2. The van der Waals surface area contributed by atoms with E-state index in [-0.39, 0.29) is 0 Å². The van der Waals surface area contributed by atoms with Gasteiger partial charge in [-0.1, -0.05) is 60.7 Å². The summed E-state index contributed by atoms with van der Waals surface area (Å²) in [5.41, 5.74) is -29.3. The summed E-state index contributed by atoms with van der Waals surface area (Å²) in [6.45, 7) is 0.662. The zero-order valence-corrected chi connectivity index (χ0v) is 34.2. The van der Waals surface area contributed by atoms with E-state index >= 15 is 0 Å². The molecular formula is C43H23BF24N2O. The number of alkyl halides is 24. The maximum absolute atomic E-state index is 14.2. The first-order valence-corrected chi connectivity index (χ1v) is 19.0. The molecule has 71 heavy (non-hydrogen) atoms. The molecule has 6 rings (SSSR count). The zero-order valence-electron chi connectivity index (χ0n) is 34.2. The first-order chi connectivity index (χ1) is 32.1. The summed E-state index contributed by atoms with van der Waals surface area (Å²) in [5, 5.41) is 9.54. The number of phenolic OH excluding ortho intramolecular Hbond substituents is 1. The van der Waals surface area contributed by atoms with Gasteiger partial charge in [0.25, 0.3) is 0 Å². The molecule has 1 N–H and O–H groups in total. The van der Waals surface area contributed by atoms with Crippen LogP contribution in [-0.2, 0) is 56.0 Å². The Morgan fingerprint density at radius 2 is 0.577 bits per heavy atom. The summed E-state index contributed by atoms with van der Waals surface area (Å²) < 4.78 is 343. The third-order valence-corrected chi connectivity index (χ3v) is 10.5. The van der Waals surface area contributed by atoms with Crippen LogP contribution in [0.3, 0.4) is 0 Å². The smallest absolute Gasteiger partial charge is 0.416 e. The van der Waals surface area contributed by atoms with Crippen LogP contribution in [0.15, 0.2) is 122 Å². The minimum Gasteiger partial charge on any atom is -0.507 e. The van der Waals surface area contributed by atoms with Crippen LogP contribution in [0.4, 0.5) is 105 Å². The second-order valence-corrected chi connectivity index (χ2v) is 15.3. The Hall–Kier alpha value is -6.64. The molecule has 0 aliphatic heterocycles. The van der Waals surface area contributed by atoms with E-state index in [4.69, 9.17) is 0 Å². The van der Waals surface area contributed by atoms with Gasteiger partial charge in [0, 0.05) is 0 Å². The third kappa shape index (κ3) is 12.8. The maximum Gasteiger partial charge on any atom is 0.416 e. The number of aromatic nitrogens is 2. The van der Waals surface area contributed by atoms with Gasteiger partial charge in [-0.2, -0.15) is 132 Å². The fourth-order valence-corrected chi connectivity index (χ4v) is 7.36. The molecule has 1 heterocycles. The van der Waals surface area contributed by atoms with E-state index in [9.17, 15) is 110 Å². The second-order valence-electron chi connectivity index (χ2n) is 15.3. The van der Waals surface area contributed by atoms with Crippen molar-refractivity contribution in [3.63, 3.8) is 0 Å². The predicted octanol–water partition coefficient (Wildman–Crippen LogP) is 12.3. The Kier molecular flexibility index (Phi) is 14.7. The van der Waals surface area contributed by atoms with Crippen molar-refractivity contribution in [2.24, 2.45) is 0 Å². The van der Waals surface area contributed by atoms with E-state index in [0.717, 1.165) is 5.56 Å². The van der Waals surface area contributed by atoms with Crippen LogP contribution in [0.2, 0.25) is 0 Å². The van der Waals surface area contributed by atoms with E-state index in [2.05, 4.69) is 4.98 Å². The van der Waals surface area contributed by atoms with Crippen molar-refractivity contribution in [1.29, 1.82) is 0 Å². The van der Waals surface area contributed by atoms with Crippen LogP contribution >= 0.6 is 0 Å². The van der Waals surface area contributed by atoms with Crippen molar-refractivity contribution in [2.75, 3.05) is 0 Å². The van der Waals surface area contributed by atoms with E-state index in [1.165, 1.54) is 0 Å². The average Bonchev–Trinajstić information content (AvgIpc) is 3.22. The van der Waals surface area contributed by atoms with Crippen LogP contribution in [0.1, 0.15) is 50.1 Å². The quantitative estimate of drug-likeness (QED) is 0.103. The highest BCUT2D eigenvalue weighted by Gasteiger charge is 2.47. The number of halogens is 24. The SMILES string of the molecule is FC(F)(F)c1cc([B-](c2cc(C(F)(F)F)cc(C(F)(F)F)c2)(c2cc(C(F)(F)F)cc(C(F)(F)F)c2)c2cc(C(F)(F)F)cc(C(F)(F)F)c2)cc(C(F)(F)F)c1.Oc1ccccc1C[n+]1ccncc1. The summed E-state index contributed by atoms with van der Waals surface area (Å²) in [7, 11) is 0. The lowest BCUT2D eigenvalue weighted by atomic mass is 9.12. The van der Waals surface area contributed by atoms with Crippen LogP contribution in [-0.4, -0.2) is 16.2 Å². The molecule has 0 atom stereocenters. The van der Waals surface area contributed by atoms with Crippen molar-refractivity contribution in [3.05, 3.63) is 172 Å². The third-order valence-electron chi connectivity index (χ3n) is 10.5. The van der Waals surface area contributed by atoms with Gasteiger partial charge in [-0.25, -0.2) is 0 Å². The molecule has 0 aliphatic rings. The topological polar surface area (TPSA) is 37.0 Å². The van der Waals surface area contributed by atoms with Gasteiger partial charge >= 0.3 is 49.4 Å². The molecule has 0 saturated carbocycles. The molecule has 3 nitrogen and oxygen atoms in total. The summed E-state index contributed by atoms with van der Waals surface area (Å²) in [6.07, 6.45) is -47.6. The second kappa shape index (κ2) is 18.8. The Labute approximate surface area is 381 Å². The van der Waals surface area contributed by atoms with Crippen molar-refractivity contribution in [3.8, 4) is 5.75 Å². The standard InChI is InChI=1S/C32H12BF24.C11H10N2O/c34-25(35,36)13-1-14(26(37,38)39)6-21(5-13)33(22-7-15(27(40,41)42)2-16(8-22)28(43,44)45,23-9-17(29(46,47)48)3-18(10-23)30(49,50)51)24-11-19(31(52,53)54)4-20(12-24)32(55,56)57;14-11-4-2-1-3-10(11)9-13-7-5-12-6-8-13/h1-12H;1-8H,9H2/q-1;/p+1. The molecule has 28 heteroatoms. The normalized spacial score (nSPS) is 13.5. The van der Waals surface area contributed by atoms with E-state index in [0.29, 0.717) is 12.3 Å². The number of nitrogens with zero attached hydrogens (tertiary/aromatic N) is 2. The molecule has 0 bridgehead atoms. The van der Waals surface area contributed by atoms with Crippen LogP contribution in [0.5, 0.6) is 5.75 Å². The molecule has 0 amide bonds. The largest absolute Gasteiger partial charge is 0.507 e. The van der Waals surface area contributed by atoms with Gasteiger partial charge in [-0.05, 0) is 36.4 Å². The molecule has 0 spiro atoms. The summed E-state index contributed by atoms with van der Waals surface area (Å²) in [5.74, 6) is 0.330. The van der Waals surface area contributed by atoms with Crippen molar-refractivity contribution < 1.29 is 115 Å². The molecule has 0 aliphatic carbocycles. The van der Waals surface area contributed by atoms with Gasteiger partial charge in [-0.15, -0.1) is 0 Å². The minimum atomic E-state index is -6.13.